The van der Waals surface area contributed by atoms with Gasteiger partial charge in [0.15, 0.2) is 5.96 Å². The maximum absolute atomic E-state index is 13.7. The highest BCUT2D eigenvalue weighted by Crippen LogP contribution is 2.24. The van der Waals surface area contributed by atoms with Crippen molar-refractivity contribution in [3.8, 4) is 0 Å². The average molecular weight is 463 g/mol. The van der Waals surface area contributed by atoms with E-state index in [0.29, 0.717) is 25.1 Å². The molecule has 1 heterocycles. The van der Waals surface area contributed by atoms with Crippen molar-refractivity contribution in [2.24, 2.45) is 16.8 Å². The Kier molecular flexibility index (Phi) is 9.16. The normalized spacial score (nSPS) is 20.2. The summed E-state index contributed by atoms with van der Waals surface area (Å²) in [6.07, 6.45) is 0.547. The molecule has 1 N–H and O–H groups in total. The van der Waals surface area contributed by atoms with E-state index in [1.807, 2.05) is 19.9 Å². The quantitative estimate of drug-likeness (QED) is 0.316. The maximum atomic E-state index is 13.7. The van der Waals surface area contributed by atoms with Gasteiger partial charge in [0, 0.05) is 26.2 Å². The molecule has 2 atom stereocenters. The average Bonchev–Trinajstić information content (AvgIpc) is 2.96. The number of halogens is 2. The van der Waals surface area contributed by atoms with Crippen molar-refractivity contribution in [3.05, 3.63) is 35.6 Å². The van der Waals surface area contributed by atoms with Crippen molar-refractivity contribution < 1.29 is 13.9 Å². The van der Waals surface area contributed by atoms with Crippen LogP contribution >= 0.6 is 24.0 Å². The number of hydrogen-bond donors (Lipinski definition) is 1. The van der Waals surface area contributed by atoms with E-state index in [1.54, 1.807) is 12.1 Å². The number of esters is 1. The minimum Gasteiger partial charge on any atom is -0.469 e. The monoisotopic (exact) mass is 463 g/mol. The summed E-state index contributed by atoms with van der Waals surface area (Å²) in [5.41, 5.74) is 0.666. The van der Waals surface area contributed by atoms with Gasteiger partial charge in [0.2, 0.25) is 0 Å². The van der Waals surface area contributed by atoms with Crippen molar-refractivity contribution in [1.82, 2.24) is 10.2 Å². The van der Waals surface area contributed by atoms with E-state index in [9.17, 15) is 9.18 Å². The molecule has 2 rings (SSSR count). The molecule has 0 aliphatic carbocycles. The second kappa shape index (κ2) is 10.6. The molecule has 7 heteroatoms. The van der Waals surface area contributed by atoms with E-state index in [0.717, 1.165) is 19.0 Å². The standard InChI is InChI=1S/C18H26FN3O2.HI/c1-4-20-18(21-10-9-14-7-5-6-8-16(14)19)22-11-13(2)15(12-22)17(23)24-3;/h5-8,13,15H,4,9-12H2,1-3H3,(H,20,21);1H. The Morgan fingerprint density at radius 1 is 1.40 bits per heavy atom. The number of ether oxygens (including phenoxy) is 1. The van der Waals surface area contributed by atoms with Gasteiger partial charge in [0.1, 0.15) is 5.82 Å². The molecule has 0 amide bonds. The minimum absolute atomic E-state index is 0. The molecule has 0 bridgehead atoms. The van der Waals surface area contributed by atoms with Crippen LogP contribution in [0.2, 0.25) is 0 Å². The molecule has 1 aliphatic heterocycles. The maximum Gasteiger partial charge on any atom is 0.310 e. The zero-order valence-electron chi connectivity index (χ0n) is 15.0. The third kappa shape index (κ3) is 5.83. The number of guanidine groups is 1. The molecule has 0 radical (unpaired) electrons. The molecule has 140 valence electrons. The molecule has 0 aromatic heterocycles. The number of carbonyl (C=O) groups excluding carboxylic acids is 1. The highest BCUT2D eigenvalue weighted by atomic mass is 127. The Labute approximate surface area is 166 Å². The summed E-state index contributed by atoms with van der Waals surface area (Å²) in [4.78, 5) is 18.5. The van der Waals surface area contributed by atoms with Crippen molar-refractivity contribution >= 4 is 35.9 Å². The predicted molar refractivity (Wildman–Crippen MR) is 108 cm³/mol. The highest BCUT2D eigenvalue weighted by molar-refractivity contribution is 14.0. The first-order chi connectivity index (χ1) is 11.6. The third-order valence-corrected chi connectivity index (χ3v) is 4.35. The molecule has 1 aromatic rings. The number of benzene rings is 1. The van der Waals surface area contributed by atoms with E-state index < -0.39 is 0 Å². The predicted octanol–water partition coefficient (Wildman–Crippen LogP) is 2.69. The van der Waals surface area contributed by atoms with E-state index in [-0.39, 0.29) is 47.6 Å². The van der Waals surface area contributed by atoms with Crippen molar-refractivity contribution in [1.29, 1.82) is 0 Å². The first-order valence-corrected chi connectivity index (χ1v) is 8.41. The number of nitrogens with zero attached hydrogens (tertiary/aromatic N) is 2. The Bertz CT molecular complexity index is 597. The molecule has 0 saturated carbocycles. The van der Waals surface area contributed by atoms with Gasteiger partial charge in [-0.2, -0.15) is 0 Å². The van der Waals surface area contributed by atoms with Crippen molar-refractivity contribution in [3.63, 3.8) is 0 Å². The minimum atomic E-state index is -0.196. The van der Waals surface area contributed by atoms with E-state index in [2.05, 4.69) is 15.2 Å². The fraction of sp³-hybridized carbons (Fsp3) is 0.556. The van der Waals surface area contributed by atoms with Gasteiger partial charge in [-0.3, -0.25) is 9.79 Å². The van der Waals surface area contributed by atoms with E-state index >= 15 is 0 Å². The van der Waals surface area contributed by atoms with Crippen molar-refractivity contribution in [2.45, 2.75) is 20.3 Å². The smallest absolute Gasteiger partial charge is 0.310 e. The largest absolute Gasteiger partial charge is 0.469 e. The van der Waals surface area contributed by atoms with E-state index in [4.69, 9.17) is 4.74 Å². The van der Waals surface area contributed by atoms with Gasteiger partial charge >= 0.3 is 5.97 Å². The second-order valence-corrected chi connectivity index (χ2v) is 6.09. The molecule has 1 saturated heterocycles. The molecule has 2 unspecified atom stereocenters. The summed E-state index contributed by atoms with van der Waals surface area (Å²) < 4.78 is 18.5. The Morgan fingerprint density at radius 2 is 2.12 bits per heavy atom. The molecule has 1 aromatic carbocycles. The summed E-state index contributed by atoms with van der Waals surface area (Å²) in [6.45, 7) is 6.64. The second-order valence-electron chi connectivity index (χ2n) is 6.09. The SMILES string of the molecule is CCNC(=NCCc1ccccc1F)N1CC(C)C(C(=O)OC)C1.I. The lowest BCUT2D eigenvalue weighted by Gasteiger charge is -2.21. The molecule has 0 spiro atoms. The summed E-state index contributed by atoms with van der Waals surface area (Å²) >= 11 is 0. The van der Waals surface area contributed by atoms with Gasteiger partial charge in [0.25, 0.3) is 0 Å². The number of methoxy groups -OCH3 is 1. The summed E-state index contributed by atoms with van der Waals surface area (Å²) in [5.74, 6) is 0.482. The molecule has 25 heavy (non-hydrogen) atoms. The van der Waals surface area contributed by atoms with Crippen LogP contribution in [0.15, 0.2) is 29.3 Å². The topological polar surface area (TPSA) is 53.9 Å². The Morgan fingerprint density at radius 3 is 2.76 bits per heavy atom. The number of carbonyl (C=O) groups is 1. The first-order valence-electron chi connectivity index (χ1n) is 8.41. The number of rotatable bonds is 5. The molecule has 5 nitrogen and oxygen atoms in total. The molecular formula is C18H27FIN3O2. The zero-order valence-corrected chi connectivity index (χ0v) is 17.3. The molecular weight excluding hydrogens is 436 g/mol. The van der Waals surface area contributed by atoms with Crippen LogP contribution in [0.1, 0.15) is 19.4 Å². The van der Waals surface area contributed by atoms with Gasteiger partial charge in [-0.15, -0.1) is 24.0 Å². The summed E-state index contributed by atoms with van der Waals surface area (Å²) in [7, 11) is 1.42. The van der Waals surface area contributed by atoms with Crippen LogP contribution in [0.3, 0.4) is 0 Å². The lowest BCUT2D eigenvalue weighted by molar-refractivity contribution is -0.145. The number of hydrogen-bond acceptors (Lipinski definition) is 3. The van der Waals surface area contributed by atoms with Crippen LogP contribution < -0.4 is 5.32 Å². The lowest BCUT2D eigenvalue weighted by atomic mass is 9.99. The van der Waals surface area contributed by atoms with Crippen LogP contribution in [-0.2, 0) is 16.0 Å². The van der Waals surface area contributed by atoms with Crippen LogP contribution in [0.25, 0.3) is 0 Å². The zero-order chi connectivity index (χ0) is 17.5. The number of nitrogens with one attached hydrogen (secondary N) is 1. The van der Waals surface area contributed by atoms with Crippen LogP contribution in [0.4, 0.5) is 4.39 Å². The van der Waals surface area contributed by atoms with Crippen LogP contribution in [-0.4, -0.2) is 50.1 Å². The van der Waals surface area contributed by atoms with Gasteiger partial charge in [-0.25, -0.2) is 4.39 Å². The summed E-state index contributed by atoms with van der Waals surface area (Å²) in [6, 6.07) is 6.76. The fourth-order valence-corrected chi connectivity index (χ4v) is 3.01. The van der Waals surface area contributed by atoms with E-state index in [1.165, 1.54) is 13.2 Å². The van der Waals surface area contributed by atoms with Crippen molar-refractivity contribution in [2.75, 3.05) is 33.3 Å². The van der Waals surface area contributed by atoms with Gasteiger partial charge in [0.05, 0.1) is 13.0 Å². The van der Waals surface area contributed by atoms with Gasteiger partial charge < -0.3 is 15.0 Å². The molecule has 1 aliphatic rings. The Balaban J connectivity index is 0.00000312. The highest BCUT2D eigenvalue weighted by Gasteiger charge is 2.36. The number of aliphatic imine (C=N–C) groups is 1. The lowest BCUT2D eigenvalue weighted by Crippen LogP contribution is -2.40. The third-order valence-electron chi connectivity index (χ3n) is 4.35. The Hall–Kier alpha value is -1.38. The fourth-order valence-electron chi connectivity index (χ4n) is 3.01. The van der Waals surface area contributed by atoms with Crippen LogP contribution in [0, 0.1) is 17.7 Å². The van der Waals surface area contributed by atoms with Crippen LogP contribution in [0.5, 0.6) is 0 Å². The van der Waals surface area contributed by atoms with Gasteiger partial charge in [-0.05, 0) is 30.9 Å². The number of likely N-dealkylation sites (tertiary alicyclic amines) is 1. The first kappa shape index (κ1) is 21.7. The molecule has 1 fully saturated rings. The van der Waals surface area contributed by atoms with Gasteiger partial charge in [-0.1, -0.05) is 25.1 Å². The summed E-state index contributed by atoms with van der Waals surface area (Å²) in [5, 5.41) is 3.25.